The van der Waals surface area contributed by atoms with Crippen molar-refractivity contribution in [3.8, 4) is 16.9 Å². The van der Waals surface area contributed by atoms with Gasteiger partial charge in [-0.3, -0.25) is 14.7 Å². The van der Waals surface area contributed by atoms with Crippen LogP contribution in [0.3, 0.4) is 0 Å². The van der Waals surface area contributed by atoms with Crippen LogP contribution in [0.25, 0.3) is 33.1 Å². The molecule has 0 radical (unpaired) electrons. The number of aromatic hydroxyl groups is 1. The van der Waals surface area contributed by atoms with Gasteiger partial charge in [-0.1, -0.05) is 75.4 Å². The zero-order valence-corrected chi connectivity index (χ0v) is 33.1. The number of phenolic OH excluding ortho intramolecular Hbond substituents is 1. The van der Waals surface area contributed by atoms with Gasteiger partial charge in [-0.15, -0.1) is 0 Å². The van der Waals surface area contributed by atoms with E-state index in [-0.39, 0.29) is 22.5 Å². The Morgan fingerprint density at radius 3 is 2.42 bits per heavy atom. The van der Waals surface area contributed by atoms with Crippen LogP contribution in [-0.4, -0.2) is 47.3 Å². The summed E-state index contributed by atoms with van der Waals surface area (Å²) in [5.74, 6) is -0.374. The fourth-order valence-corrected chi connectivity index (χ4v) is 7.94. The number of carboxylic acid groups (broad SMARTS) is 1. The minimum atomic E-state index is -2.21. The van der Waals surface area contributed by atoms with Crippen molar-refractivity contribution in [3.63, 3.8) is 0 Å². The van der Waals surface area contributed by atoms with Gasteiger partial charge in [0.1, 0.15) is 5.75 Å². The number of nitrogens with zero attached hydrogens (tertiary/aromatic N) is 1. The van der Waals surface area contributed by atoms with Crippen LogP contribution in [0.1, 0.15) is 56.4 Å². The first-order valence-electron chi connectivity index (χ1n) is 18.7. The molecule has 0 bridgehead atoms. The number of rotatable bonds is 15. The molecule has 0 fully saturated rings. The van der Waals surface area contributed by atoms with Crippen molar-refractivity contribution < 1.29 is 23.9 Å². The number of aromatic amines is 1. The highest BCUT2D eigenvalue weighted by atomic mass is 28.4. The van der Waals surface area contributed by atoms with Crippen LogP contribution in [0.5, 0.6) is 5.75 Å². The molecule has 55 heavy (non-hydrogen) atoms. The Bertz CT molecular complexity index is 2410. The van der Waals surface area contributed by atoms with Crippen LogP contribution in [0, 0.1) is 0 Å². The first-order chi connectivity index (χ1) is 26.2. The lowest BCUT2D eigenvalue weighted by Gasteiger charge is -2.39. The number of aromatic nitrogens is 2. The molecule has 1 atom stereocenters. The molecule has 5 N–H and O–H groups in total. The number of aryl methyl sites for hydroxylation is 2. The zero-order valence-electron chi connectivity index (χ0n) is 32.1. The molecule has 11 nitrogen and oxygen atoms in total. The summed E-state index contributed by atoms with van der Waals surface area (Å²) in [4.78, 5) is 39.2. The molecule has 0 aliphatic rings. The third-order valence-corrected chi connectivity index (χ3v) is 15.1. The Labute approximate surface area is 321 Å². The maximum Gasteiger partial charge on any atom is 0.419 e. The number of amides is 1. The Hall–Kier alpha value is -5.43. The van der Waals surface area contributed by atoms with Gasteiger partial charge in [0.2, 0.25) is 5.56 Å². The largest absolute Gasteiger partial charge is 0.506 e. The predicted molar refractivity (Wildman–Crippen MR) is 221 cm³/mol. The number of fused-ring (bicyclic) bond motifs is 2. The fraction of sp³-hybridized carbons (Fsp3) is 0.326. The van der Waals surface area contributed by atoms with Crippen molar-refractivity contribution in [2.24, 2.45) is 0 Å². The molecular weight excluding hydrogens is 713 g/mol. The topological polar surface area (TPSA) is 159 Å². The summed E-state index contributed by atoms with van der Waals surface area (Å²) in [5, 5.41) is 26.7. The van der Waals surface area contributed by atoms with Crippen LogP contribution in [-0.2, 0) is 23.8 Å². The van der Waals surface area contributed by atoms with Gasteiger partial charge in [-0.05, 0) is 103 Å². The number of benzene rings is 4. The summed E-state index contributed by atoms with van der Waals surface area (Å²) in [7, 11) is -2.21. The molecule has 0 saturated heterocycles. The summed E-state index contributed by atoms with van der Waals surface area (Å²) in [6.45, 7) is 12.7. The Kier molecular flexibility index (Phi) is 11.8. The molecule has 288 valence electrons. The van der Waals surface area contributed by atoms with Gasteiger partial charge in [0.05, 0.1) is 22.8 Å². The summed E-state index contributed by atoms with van der Waals surface area (Å²) >= 11 is 0. The van der Waals surface area contributed by atoms with E-state index in [0.717, 1.165) is 58.0 Å². The van der Waals surface area contributed by atoms with Crippen molar-refractivity contribution >= 4 is 42.1 Å². The van der Waals surface area contributed by atoms with Gasteiger partial charge in [0.25, 0.3) is 0 Å². The maximum absolute atomic E-state index is 12.9. The van der Waals surface area contributed by atoms with Crippen molar-refractivity contribution in [2.75, 3.05) is 18.4 Å². The fourth-order valence-electron chi connectivity index (χ4n) is 6.67. The molecule has 0 saturated carbocycles. The maximum atomic E-state index is 12.9. The lowest BCUT2D eigenvalue weighted by Crippen LogP contribution is -2.43. The van der Waals surface area contributed by atoms with Crippen LogP contribution < -0.4 is 21.9 Å². The van der Waals surface area contributed by atoms with E-state index in [4.69, 9.17) is 8.84 Å². The van der Waals surface area contributed by atoms with Crippen LogP contribution in [0.2, 0.25) is 18.1 Å². The average Bonchev–Trinajstić information content (AvgIpc) is 3.45. The van der Waals surface area contributed by atoms with Crippen LogP contribution >= 0.6 is 0 Å². The van der Waals surface area contributed by atoms with Gasteiger partial charge in [0, 0.05) is 30.1 Å². The van der Waals surface area contributed by atoms with E-state index in [1.807, 2.05) is 72.8 Å². The van der Waals surface area contributed by atoms with E-state index < -0.39 is 20.2 Å². The number of pyridine rings is 1. The van der Waals surface area contributed by atoms with E-state index in [2.05, 4.69) is 49.5 Å². The summed E-state index contributed by atoms with van der Waals surface area (Å²) in [6, 6.07) is 28.1. The Morgan fingerprint density at radius 2 is 1.67 bits per heavy atom. The number of hydrogen-bond acceptors (Lipinski definition) is 7. The van der Waals surface area contributed by atoms with E-state index >= 15 is 0 Å². The minimum absolute atomic E-state index is 0.0159. The molecule has 0 unspecified atom stereocenters. The highest BCUT2D eigenvalue weighted by Gasteiger charge is 2.39. The van der Waals surface area contributed by atoms with Crippen molar-refractivity contribution in [1.82, 2.24) is 14.9 Å². The highest BCUT2D eigenvalue weighted by Crippen LogP contribution is 2.41. The molecule has 0 spiro atoms. The lowest BCUT2D eigenvalue weighted by molar-refractivity contribution is 0.182. The smallest absolute Gasteiger partial charge is 0.419 e. The second-order valence-corrected chi connectivity index (χ2v) is 20.3. The first kappa shape index (κ1) is 39.3. The van der Waals surface area contributed by atoms with Gasteiger partial charge in [-0.25, -0.2) is 9.59 Å². The third kappa shape index (κ3) is 9.27. The van der Waals surface area contributed by atoms with E-state index in [1.165, 1.54) is 6.07 Å². The summed E-state index contributed by atoms with van der Waals surface area (Å²) in [6.07, 6.45) is 1.55. The molecule has 6 rings (SSSR count). The molecule has 2 aromatic heterocycles. The zero-order chi connectivity index (χ0) is 39.3. The molecular formula is C43H50N4O7Si. The number of hydrogen-bond donors (Lipinski definition) is 5. The summed E-state index contributed by atoms with van der Waals surface area (Å²) < 4.78 is 14.3. The molecule has 0 aliphatic heterocycles. The Balaban J connectivity index is 1.08. The monoisotopic (exact) mass is 762 g/mol. The standard InChI is InChI=1S/C43H50N4O7Si/c1-43(2,3)55(4,5)54-38(32-17-20-36(48)40-33(32)18-21-39(49)46-40)27-44-23-22-29-15-19-35-37(26-29)53-42(52)47(35)24-10-9-11-28-14-16-31(30-12-7-6-8-13-30)34(25-28)45-41(50)51/h6-8,12-21,25-26,38,44-45,48H,9-11,22-24,27H2,1-5H3,(H,46,49)(H,50,51)/t38-/m0/s1. The number of nitrogens with one attached hydrogen (secondary N) is 3. The van der Waals surface area contributed by atoms with Gasteiger partial charge in [0.15, 0.2) is 13.9 Å². The van der Waals surface area contributed by atoms with Crippen molar-refractivity contribution in [1.29, 1.82) is 0 Å². The van der Waals surface area contributed by atoms with Crippen molar-refractivity contribution in [2.45, 2.75) is 77.2 Å². The second-order valence-electron chi connectivity index (χ2n) is 15.6. The molecule has 0 aliphatic carbocycles. The van der Waals surface area contributed by atoms with Crippen molar-refractivity contribution in [3.05, 3.63) is 129 Å². The number of unbranched alkanes of at least 4 members (excludes halogenated alkanes) is 1. The van der Waals surface area contributed by atoms with Gasteiger partial charge >= 0.3 is 11.8 Å². The van der Waals surface area contributed by atoms with Gasteiger partial charge < -0.3 is 29.4 Å². The molecule has 6 aromatic rings. The van der Waals surface area contributed by atoms with Crippen LogP contribution in [0.15, 0.2) is 105 Å². The number of carbonyl (C=O) groups is 1. The molecule has 12 heteroatoms. The second kappa shape index (κ2) is 16.5. The van der Waals surface area contributed by atoms with E-state index in [1.54, 1.807) is 16.7 Å². The van der Waals surface area contributed by atoms with E-state index in [9.17, 15) is 24.6 Å². The third-order valence-electron chi connectivity index (χ3n) is 10.7. The SMILES string of the molecule is CC(C)(C)[Si](C)(C)O[C@@H](CNCCc1ccc2c(c1)oc(=O)n2CCCCc1ccc(-c2ccccc2)c(NC(=O)O)c1)c1ccc(O)c2[nH]c(=O)ccc12. The quantitative estimate of drug-likeness (QED) is 0.0513. The highest BCUT2D eigenvalue weighted by molar-refractivity contribution is 6.74. The van der Waals surface area contributed by atoms with E-state index in [0.29, 0.717) is 42.8 Å². The first-order valence-corrected chi connectivity index (χ1v) is 21.6. The lowest BCUT2D eigenvalue weighted by atomic mass is 9.99. The number of oxazole rings is 1. The molecule has 4 aromatic carbocycles. The molecule has 2 heterocycles. The summed E-state index contributed by atoms with van der Waals surface area (Å²) in [5.41, 5.74) is 6.65. The number of H-pyrrole nitrogens is 1. The Morgan fingerprint density at radius 1 is 0.927 bits per heavy atom. The van der Waals surface area contributed by atoms with Gasteiger partial charge in [-0.2, -0.15) is 0 Å². The number of anilines is 1. The normalized spacial score (nSPS) is 12.7. The van der Waals surface area contributed by atoms with Crippen LogP contribution in [0.4, 0.5) is 10.5 Å². The predicted octanol–water partition coefficient (Wildman–Crippen LogP) is 8.82. The minimum Gasteiger partial charge on any atom is -0.506 e. The average molecular weight is 763 g/mol. The molecule has 1 amide bonds. The number of phenols is 1.